The number of hydrogen-bond donors (Lipinski definition) is 0. The highest BCUT2D eigenvalue weighted by Gasteiger charge is 2.30. The number of likely N-dealkylation sites (tertiary alicyclic amines) is 1. The van der Waals surface area contributed by atoms with E-state index in [4.69, 9.17) is 11.6 Å². The molecule has 0 radical (unpaired) electrons. The van der Waals surface area contributed by atoms with Crippen LogP contribution < -0.4 is 0 Å². The molecule has 142 valence electrons. The maximum Gasteiger partial charge on any atom is 0.253 e. The van der Waals surface area contributed by atoms with E-state index in [1.54, 1.807) is 23.2 Å². The van der Waals surface area contributed by atoms with Crippen molar-refractivity contribution in [2.24, 2.45) is 5.92 Å². The molecule has 1 aromatic heterocycles. The molecule has 0 saturated carbocycles. The third-order valence-electron chi connectivity index (χ3n) is 5.38. The minimum atomic E-state index is -0.181. The van der Waals surface area contributed by atoms with Gasteiger partial charge in [0.05, 0.1) is 5.52 Å². The number of piperidine rings is 1. The zero-order valence-electron chi connectivity index (χ0n) is 15.7. The highest BCUT2D eigenvalue weighted by atomic mass is 35.5. The molecule has 1 saturated heterocycles. The molecule has 0 N–H and O–H groups in total. The Labute approximate surface area is 169 Å². The maximum absolute atomic E-state index is 13.0. The highest BCUT2D eigenvalue weighted by molar-refractivity contribution is 6.30. The molecule has 0 spiro atoms. The number of rotatable bonds is 3. The maximum atomic E-state index is 13.0. The smallest absolute Gasteiger partial charge is 0.253 e. The van der Waals surface area contributed by atoms with Crippen LogP contribution in [0.2, 0.25) is 5.02 Å². The van der Waals surface area contributed by atoms with Crippen LogP contribution in [0.15, 0.2) is 54.7 Å². The monoisotopic (exact) mass is 392 g/mol. The second-order valence-corrected chi connectivity index (χ2v) is 7.76. The summed E-state index contributed by atoms with van der Waals surface area (Å²) in [5, 5.41) is 1.56. The second kappa shape index (κ2) is 7.72. The first-order chi connectivity index (χ1) is 13.5. The number of fused-ring (bicyclic) bond motifs is 1. The molecule has 5 heteroatoms. The van der Waals surface area contributed by atoms with Crippen molar-refractivity contribution in [3.8, 4) is 0 Å². The van der Waals surface area contributed by atoms with Crippen molar-refractivity contribution in [1.29, 1.82) is 0 Å². The van der Waals surface area contributed by atoms with Crippen molar-refractivity contribution in [2.45, 2.75) is 19.8 Å². The largest absolute Gasteiger partial charge is 0.338 e. The van der Waals surface area contributed by atoms with Gasteiger partial charge < -0.3 is 4.90 Å². The SMILES string of the molecule is Cc1cc(Cl)ccc1C(=O)[C@@H]1CCCN(C(=O)c2ccc3ncccc3c2)C1. The van der Waals surface area contributed by atoms with E-state index in [9.17, 15) is 9.59 Å². The third-order valence-corrected chi connectivity index (χ3v) is 5.62. The number of carbonyl (C=O) groups excluding carboxylic acids is 2. The lowest BCUT2D eigenvalue weighted by Crippen LogP contribution is -2.42. The van der Waals surface area contributed by atoms with Gasteiger partial charge in [0.15, 0.2) is 5.78 Å². The fraction of sp³-hybridized carbons (Fsp3) is 0.261. The summed E-state index contributed by atoms with van der Waals surface area (Å²) in [4.78, 5) is 32.2. The Balaban J connectivity index is 1.54. The summed E-state index contributed by atoms with van der Waals surface area (Å²) in [6.07, 6.45) is 3.36. The van der Waals surface area contributed by atoms with E-state index in [1.807, 2.05) is 43.3 Å². The molecule has 1 aliphatic heterocycles. The Kier molecular flexibility index (Phi) is 5.14. The Bertz CT molecular complexity index is 1060. The van der Waals surface area contributed by atoms with Crippen molar-refractivity contribution in [3.63, 3.8) is 0 Å². The molecule has 4 rings (SSSR count). The van der Waals surface area contributed by atoms with E-state index < -0.39 is 0 Å². The zero-order valence-corrected chi connectivity index (χ0v) is 16.4. The number of hydrogen-bond acceptors (Lipinski definition) is 3. The van der Waals surface area contributed by atoms with E-state index in [-0.39, 0.29) is 17.6 Å². The standard InChI is InChI=1S/C23H21ClN2O2/c1-15-12-19(24)7-8-20(15)22(27)18-5-3-11-26(14-18)23(28)17-6-9-21-16(13-17)4-2-10-25-21/h2,4,6-10,12-13,18H,3,5,11,14H2,1H3/t18-/m1/s1. The first-order valence-electron chi connectivity index (χ1n) is 9.47. The van der Waals surface area contributed by atoms with E-state index in [0.29, 0.717) is 29.2 Å². The predicted octanol–water partition coefficient (Wildman–Crippen LogP) is 4.93. The average molecular weight is 393 g/mol. The van der Waals surface area contributed by atoms with E-state index in [1.165, 1.54) is 0 Å². The Hall–Kier alpha value is -2.72. The summed E-state index contributed by atoms with van der Waals surface area (Å²) in [6.45, 7) is 3.02. The van der Waals surface area contributed by atoms with Gasteiger partial charge in [0, 0.05) is 46.7 Å². The van der Waals surface area contributed by atoms with Gasteiger partial charge in [-0.3, -0.25) is 14.6 Å². The van der Waals surface area contributed by atoms with Crippen LogP contribution >= 0.6 is 11.6 Å². The molecule has 3 aromatic rings. The normalized spacial score (nSPS) is 16.9. The number of nitrogens with zero attached hydrogens (tertiary/aromatic N) is 2. The summed E-state index contributed by atoms with van der Waals surface area (Å²) in [6, 6.07) is 14.7. The average Bonchev–Trinajstić information content (AvgIpc) is 2.72. The van der Waals surface area contributed by atoms with Gasteiger partial charge in [-0.25, -0.2) is 0 Å². The minimum absolute atomic E-state index is 0.0314. The zero-order chi connectivity index (χ0) is 19.7. The fourth-order valence-electron chi connectivity index (χ4n) is 3.89. The molecular formula is C23H21ClN2O2. The summed E-state index contributed by atoms with van der Waals surface area (Å²) in [5.74, 6) is -0.120. The third kappa shape index (κ3) is 3.65. The second-order valence-electron chi connectivity index (χ2n) is 7.32. The number of halogens is 1. The van der Waals surface area contributed by atoms with E-state index in [0.717, 1.165) is 29.3 Å². The number of ketones is 1. The van der Waals surface area contributed by atoms with Gasteiger partial charge in [-0.2, -0.15) is 0 Å². The van der Waals surface area contributed by atoms with Crippen LogP contribution in [-0.4, -0.2) is 34.7 Å². The van der Waals surface area contributed by atoms with Crippen molar-refractivity contribution >= 4 is 34.2 Å². The molecule has 0 aliphatic carbocycles. The van der Waals surface area contributed by atoms with Crippen molar-refractivity contribution in [2.75, 3.05) is 13.1 Å². The first-order valence-corrected chi connectivity index (χ1v) is 9.85. The summed E-state index contributed by atoms with van der Waals surface area (Å²) in [5.41, 5.74) is 3.07. The van der Waals surface area contributed by atoms with Crippen LogP contribution in [-0.2, 0) is 0 Å². The van der Waals surface area contributed by atoms with Crippen LogP contribution in [0.1, 0.15) is 39.1 Å². The molecule has 1 atom stereocenters. The van der Waals surface area contributed by atoms with Crippen molar-refractivity contribution < 1.29 is 9.59 Å². The molecular weight excluding hydrogens is 372 g/mol. The number of Topliss-reactive ketones (excluding diaryl/α,β-unsaturated/α-hetero) is 1. The van der Waals surface area contributed by atoms with Crippen molar-refractivity contribution in [3.05, 3.63) is 76.4 Å². The molecule has 1 aliphatic rings. The first kappa shape index (κ1) is 18.6. The molecule has 1 fully saturated rings. The van der Waals surface area contributed by atoms with Crippen LogP contribution in [0.4, 0.5) is 0 Å². The number of benzene rings is 2. The Morgan fingerprint density at radius 1 is 1.14 bits per heavy atom. The predicted molar refractivity (Wildman–Crippen MR) is 111 cm³/mol. The van der Waals surface area contributed by atoms with Gasteiger partial charge in [0.25, 0.3) is 5.91 Å². The topological polar surface area (TPSA) is 50.3 Å². The Morgan fingerprint density at radius 3 is 2.82 bits per heavy atom. The fourth-order valence-corrected chi connectivity index (χ4v) is 4.12. The molecule has 0 bridgehead atoms. The highest BCUT2D eigenvalue weighted by Crippen LogP contribution is 2.25. The van der Waals surface area contributed by atoms with E-state index in [2.05, 4.69) is 4.98 Å². The van der Waals surface area contributed by atoms with E-state index >= 15 is 0 Å². The summed E-state index contributed by atoms with van der Waals surface area (Å²) in [7, 11) is 0. The summed E-state index contributed by atoms with van der Waals surface area (Å²) >= 11 is 6.01. The van der Waals surface area contributed by atoms with Gasteiger partial charge >= 0.3 is 0 Å². The molecule has 2 aromatic carbocycles. The van der Waals surface area contributed by atoms with Crippen LogP contribution in [0.3, 0.4) is 0 Å². The lowest BCUT2D eigenvalue weighted by atomic mass is 9.88. The molecule has 2 heterocycles. The van der Waals surface area contributed by atoms with Gasteiger partial charge in [-0.15, -0.1) is 0 Å². The van der Waals surface area contributed by atoms with Gasteiger partial charge in [-0.1, -0.05) is 17.7 Å². The number of aryl methyl sites for hydroxylation is 1. The van der Waals surface area contributed by atoms with Gasteiger partial charge in [0.2, 0.25) is 0 Å². The lowest BCUT2D eigenvalue weighted by molar-refractivity contribution is 0.0637. The number of pyridine rings is 1. The number of aromatic nitrogens is 1. The van der Waals surface area contributed by atoms with Crippen LogP contribution in [0.5, 0.6) is 0 Å². The van der Waals surface area contributed by atoms with Crippen LogP contribution in [0.25, 0.3) is 10.9 Å². The molecule has 1 amide bonds. The van der Waals surface area contributed by atoms with Gasteiger partial charge in [0.1, 0.15) is 0 Å². The quantitative estimate of drug-likeness (QED) is 0.593. The summed E-state index contributed by atoms with van der Waals surface area (Å²) < 4.78 is 0. The lowest BCUT2D eigenvalue weighted by Gasteiger charge is -2.32. The van der Waals surface area contributed by atoms with Gasteiger partial charge in [-0.05, 0) is 67.8 Å². The number of carbonyl (C=O) groups is 2. The molecule has 28 heavy (non-hydrogen) atoms. The number of amides is 1. The van der Waals surface area contributed by atoms with Crippen molar-refractivity contribution in [1.82, 2.24) is 9.88 Å². The molecule has 4 nitrogen and oxygen atoms in total. The molecule has 0 unspecified atom stereocenters. The minimum Gasteiger partial charge on any atom is -0.338 e. The van der Waals surface area contributed by atoms with Crippen LogP contribution in [0, 0.1) is 12.8 Å². The Morgan fingerprint density at radius 2 is 2.00 bits per heavy atom.